The first-order valence-electron chi connectivity index (χ1n) is 49.1. The van der Waals surface area contributed by atoms with Crippen molar-refractivity contribution in [1.29, 1.82) is 5.41 Å². The van der Waals surface area contributed by atoms with E-state index in [-0.39, 0.29) is 133 Å². The van der Waals surface area contributed by atoms with Gasteiger partial charge in [0.05, 0.1) is 12.4 Å². The average Bonchev–Trinajstić information content (AvgIpc) is 1.72. The number of carbonyl (C=O) groups is 15. The number of unbranched alkanes of at least 4 members (excludes halogenated alkanes) is 15. The van der Waals surface area contributed by atoms with Crippen LogP contribution in [0.5, 0.6) is 0 Å². The Hall–Kier alpha value is -11.8. The number of carbonyl (C=O) groups excluding carboxylic acids is 15. The minimum Gasteiger partial charge on any atom is -0.391 e. The van der Waals surface area contributed by atoms with Crippen LogP contribution in [0.1, 0.15) is 289 Å². The first kappa shape index (κ1) is 112. The second-order valence-electron chi connectivity index (χ2n) is 36.5. The SMILES string of the molecule is CCCCCCCCCCCCCCCC(=O)NCCCCCC(=O)NCCCC[C@H](NC(=O)C[C@H](Cc1ccccc1)NC(=O)[C@H]1CCCCNC(=O)CC[C@H](NC(=O)CC(C)C)C(=O)N[C@@H]([C@@H](C)O)C(=O)N[C@@H](Cc2cnc[nH]2)C(=O)N[C@@H](C(c2ccccc2)c2ccccc2)C(=O)N2CCC[C@H]2C(=O)N[C@@H](C)C(=O)N[C@@H]([C@@H](C)CC)C(=O)N1)C(=O)N[C@@H](CCCNC(=N)N)C(N)=O. The number of nitrogens with zero attached hydrogens (tertiary/aromatic N) is 2. The third-order valence-electron chi connectivity index (χ3n) is 24.6. The molecule has 0 radical (unpaired) electrons. The number of H-pyrrole nitrogens is 1. The van der Waals surface area contributed by atoms with Crippen LogP contribution in [-0.2, 0) is 84.8 Å². The van der Waals surface area contributed by atoms with Crippen LogP contribution in [-0.4, -0.2) is 220 Å². The molecule has 15 amide bonds. The Kier molecular flexibility index (Phi) is 51.9. The van der Waals surface area contributed by atoms with E-state index in [2.05, 4.69) is 91.3 Å². The number of aliphatic hydroxyl groups excluding tert-OH is 1. The molecule has 1 aromatic heterocycles. The molecule has 0 aliphatic carbocycles. The van der Waals surface area contributed by atoms with Crippen LogP contribution in [0.2, 0.25) is 0 Å². The lowest BCUT2D eigenvalue weighted by Gasteiger charge is -2.35. The van der Waals surface area contributed by atoms with Crippen LogP contribution in [0, 0.1) is 17.2 Å². The number of aromatic amines is 1. The summed E-state index contributed by atoms with van der Waals surface area (Å²) in [5, 5.41) is 58.1. The molecule has 3 aromatic carbocycles. The highest BCUT2D eigenvalue weighted by Gasteiger charge is 2.45. The number of nitrogens with one attached hydrogen (secondary N) is 16. The smallest absolute Gasteiger partial charge is 0.246 e. The molecule has 0 unspecified atom stereocenters. The maximum atomic E-state index is 15.9. The number of imidazole rings is 1. The van der Waals surface area contributed by atoms with E-state index < -0.39 is 168 Å². The fourth-order valence-corrected chi connectivity index (χ4v) is 16.7. The minimum absolute atomic E-state index is 0.0140. The Labute approximate surface area is 796 Å². The zero-order valence-corrected chi connectivity index (χ0v) is 80.4. The molecule has 0 saturated carbocycles. The lowest BCUT2D eigenvalue weighted by Crippen LogP contribution is -2.62. The number of amides is 15. The number of benzene rings is 3. The largest absolute Gasteiger partial charge is 0.391 e. The van der Waals surface area contributed by atoms with E-state index in [4.69, 9.17) is 16.9 Å². The number of nitrogens with two attached hydrogens (primary N) is 2. The standard InChI is InChI=1S/C99H154N20O16/c1-8-10-11-12-13-14-15-16-17-18-19-20-31-50-80(121)104-54-35-24-32-51-81(122)105-55-36-33-46-75(92(129)113-74(89(100)126)48-38-57-107-99(101)102)111-84(125)62-72(60-69-40-25-21-26-41-69)110-91(128)76-47-34-37-56-106-82(123)53-52-77(112-83(124)59-65(3)4)93(130)117-87(68(7)120)97(134)115-78(61-73-63-103-64-108-73)94(131)118-88(85(70-42-27-22-28-43-70)71-44-29-23-30-45-71)98(135)119-58-39-49-79(119)95(132)109-67(6)90(127)116-86(66(5)9-2)96(133)114-76/h21-23,25-30,40-45,63-68,72,74-79,85-88,120H,8-20,24,31-39,46-62H2,1-7H3,(H2,100,126)(H,103,108)(H,104,121)(H,105,122)(H,106,123)(H,109,132)(H,110,128)(H,111,125)(H,112,124)(H,113,129)(H,114,133)(H,115,134)(H,116,127)(H,117,130)(H,118,131)(H4,101,102,107)/t66-,67-,68+,72-,74-,75-,76+,77-,78-,79-,86-,87-,88-/m0/s1. The number of hydrogen-bond donors (Lipinski definition) is 19. The maximum absolute atomic E-state index is 15.9. The molecule has 13 atom stereocenters. The number of aliphatic hydroxyl groups is 1. The van der Waals surface area contributed by atoms with Gasteiger partial charge in [0, 0.05) is 95.1 Å². The Morgan fingerprint density at radius 2 is 1.10 bits per heavy atom. The first-order valence-corrected chi connectivity index (χ1v) is 49.1. The van der Waals surface area contributed by atoms with Crippen LogP contribution >= 0.6 is 0 Å². The summed E-state index contributed by atoms with van der Waals surface area (Å²) in [6, 6.07) is 11.3. The maximum Gasteiger partial charge on any atom is 0.246 e. The van der Waals surface area contributed by atoms with Crippen molar-refractivity contribution in [1.82, 2.24) is 89.3 Å². The van der Waals surface area contributed by atoms with Crippen molar-refractivity contribution in [3.8, 4) is 0 Å². The van der Waals surface area contributed by atoms with E-state index in [9.17, 15) is 57.8 Å². The second-order valence-corrected chi connectivity index (χ2v) is 36.5. The second kappa shape index (κ2) is 62.7. The summed E-state index contributed by atoms with van der Waals surface area (Å²) in [6.07, 6.45) is 20.4. The molecule has 36 nitrogen and oxygen atoms in total. The zero-order chi connectivity index (χ0) is 98.4. The van der Waals surface area contributed by atoms with E-state index in [1.807, 2.05) is 0 Å². The highest BCUT2D eigenvalue weighted by atomic mass is 16.3. The molecule has 746 valence electrons. The Bertz CT molecular complexity index is 4300. The summed E-state index contributed by atoms with van der Waals surface area (Å²) in [7, 11) is 0. The van der Waals surface area contributed by atoms with Gasteiger partial charge in [-0.05, 0) is 139 Å². The van der Waals surface area contributed by atoms with Gasteiger partial charge < -0.3 is 101 Å². The van der Waals surface area contributed by atoms with Gasteiger partial charge in [-0.3, -0.25) is 77.3 Å². The molecule has 21 N–H and O–H groups in total. The summed E-state index contributed by atoms with van der Waals surface area (Å²) < 4.78 is 0. The van der Waals surface area contributed by atoms with Gasteiger partial charge in [-0.15, -0.1) is 0 Å². The van der Waals surface area contributed by atoms with E-state index in [0.717, 1.165) is 32.1 Å². The number of fused-ring (bicyclic) bond motifs is 1. The van der Waals surface area contributed by atoms with Gasteiger partial charge in [0.1, 0.15) is 60.4 Å². The summed E-state index contributed by atoms with van der Waals surface area (Å²) >= 11 is 0. The van der Waals surface area contributed by atoms with Gasteiger partial charge >= 0.3 is 0 Å². The molecule has 2 aliphatic rings. The minimum atomic E-state index is -1.80. The van der Waals surface area contributed by atoms with Gasteiger partial charge in [0.15, 0.2) is 5.96 Å². The predicted molar refractivity (Wildman–Crippen MR) is 515 cm³/mol. The van der Waals surface area contributed by atoms with Gasteiger partial charge in [-0.2, -0.15) is 0 Å². The van der Waals surface area contributed by atoms with E-state index in [1.165, 1.54) is 95.5 Å². The molecule has 2 aliphatic heterocycles. The molecule has 6 rings (SSSR count). The van der Waals surface area contributed by atoms with Gasteiger partial charge in [0.2, 0.25) is 88.6 Å². The molecule has 0 bridgehead atoms. The Morgan fingerprint density at radius 1 is 0.541 bits per heavy atom. The van der Waals surface area contributed by atoms with Gasteiger partial charge in [0.25, 0.3) is 0 Å². The Morgan fingerprint density at radius 3 is 1.68 bits per heavy atom. The van der Waals surface area contributed by atoms with Crippen molar-refractivity contribution in [2.45, 2.75) is 352 Å². The predicted octanol–water partition coefficient (Wildman–Crippen LogP) is 6.02. The zero-order valence-electron chi connectivity index (χ0n) is 80.4. The fraction of sp³-hybridized carbons (Fsp3) is 0.626. The average molecular weight is 1880 g/mol. The molecular formula is C99H154N20O16. The van der Waals surface area contributed by atoms with Crippen molar-refractivity contribution in [3.05, 3.63) is 126 Å². The topological polar surface area (TPSA) is 553 Å². The fourth-order valence-electron chi connectivity index (χ4n) is 16.7. The van der Waals surface area contributed by atoms with Gasteiger partial charge in [-0.1, -0.05) is 216 Å². The highest BCUT2D eigenvalue weighted by Crippen LogP contribution is 2.32. The van der Waals surface area contributed by atoms with Crippen molar-refractivity contribution < 1.29 is 77.0 Å². The number of rotatable bonds is 50. The van der Waals surface area contributed by atoms with E-state index >= 15 is 19.2 Å². The lowest BCUT2D eigenvalue weighted by molar-refractivity contribution is -0.143. The molecule has 135 heavy (non-hydrogen) atoms. The number of primary amides is 1. The van der Waals surface area contributed by atoms with Crippen LogP contribution in [0.3, 0.4) is 0 Å². The molecule has 36 heteroatoms. The number of hydrogen-bond acceptors (Lipinski definition) is 18. The van der Waals surface area contributed by atoms with Crippen LogP contribution in [0.25, 0.3) is 0 Å². The summed E-state index contributed by atoms with van der Waals surface area (Å²) in [4.78, 5) is 224. The number of guanidine groups is 1. The lowest BCUT2D eigenvalue weighted by atomic mass is 9.84. The molecule has 0 spiro atoms. The summed E-state index contributed by atoms with van der Waals surface area (Å²) in [6.45, 7) is 12.9. The summed E-state index contributed by atoms with van der Waals surface area (Å²) in [5.74, 6) is -12.5. The van der Waals surface area contributed by atoms with Crippen molar-refractivity contribution in [2.75, 3.05) is 32.7 Å². The molecule has 2 fully saturated rings. The van der Waals surface area contributed by atoms with E-state index in [0.29, 0.717) is 67.5 Å². The van der Waals surface area contributed by atoms with Crippen LogP contribution in [0.15, 0.2) is 104 Å². The molecule has 2 saturated heterocycles. The van der Waals surface area contributed by atoms with Crippen LogP contribution < -0.4 is 85.9 Å². The molecular weight excluding hydrogens is 1730 g/mol. The first-order chi connectivity index (χ1) is 64.8. The van der Waals surface area contributed by atoms with E-state index in [1.54, 1.807) is 119 Å². The molecule has 3 heterocycles. The Balaban J connectivity index is 1.24. The van der Waals surface area contributed by atoms with Crippen LogP contribution in [0.4, 0.5) is 0 Å². The monoisotopic (exact) mass is 1880 g/mol. The third-order valence-corrected chi connectivity index (χ3v) is 24.6. The van der Waals surface area contributed by atoms with Crippen molar-refractivity contribution >= 4 is 94.6 Å². The third kappa shape index (κ3) is 42.7. The van der Waals surface area contributed by atoms with Crippen molar-refractivity contribution in [2.24, 2.45) is 23.3 Å². The quantitative estimate of drug-likeness (QED) is 0.0136. The normalized spacial score (nSPS) is 20.0. The van der Waals surface area contributed by atoms with Gasteiger partial charge in [-0.25, -0.2) is 4.98 Å². The molecule has 4 aromatic rings. The highest BCUT2D eigenvalue weighted by molar-refractivity contribution is 6.00. The van der Waals surface area contributed by atoms with Crippen molar-refractivity contribution in [3.63, 3.8) is 0 Å². The number of aromatic nitrogens is 2. The summed E-state index contributed by atoms with van der Waals surface area (Å²) in [5.41, 5.74) is 13.5.